The maximum Gasteiger partial charge on any atom is 0.322 e. The fraction of sp³-hybridized carbons (Fsp3) is 0.917. The van der Waals surface area contributed by atoms with Gasteiger partial charge in [0, 0.05) is 28.9 Å². The van der Waals surface area contributed by atoms with Gasteiger partial charge in [0.2, 0.25) is 0 Å². The Balaban J connectivity index is 4.11. The van der Waals surface area contributed by atoms with Gasteiger partial charge in [-0.15, -0.1) is 0 Å². The minimum atomic E-state index is -0.775. The number of ether oxygens (including phenoxy) is 1. The lowest BCUT2D eigenvalue weighted by Gasteiger charge is -2.21. The van der Waals surface area contributed by atoms with Gasteiger partial charge in [-0.25, -0.2) is 0 Å². The van der Waals surface area contributed by atoms with Gasteiger partial charge in [-0.3, -0.25) is 9.00 Å². The number of carbonyl (C=O) groups is 1. The number of nitrogens with one attached hydrogen (secondary N) is 1. The molecule has 0 aliphatic heterocycles. The molecule has 0 bridgehead atoms. The normalized spacial score (nSPS) is 16.2. The molecule has 3 unspecified atom stereocenters. The highest BCUT2D eigenvalue weighted by atomic mass is 32.2. The highest BCUT2D eigenvalue weighted by Gasteiger charge is 2.20. The van der Waals surface area contributed by atoms with Crippen LogP contribution in [0.15, 0.2) is 0 Å². The number of hydrogen-bond donors (Lipinski definition) is 1. The minimum absolute atomic E-state index is 0.180. The zero-order valence-electron chi connectivity index (χ0n) is 11.3. The van der Waals surface area contributed by atoms with Crippen molar-refractivity contribution in [3.05, 3.63) is 0 Å². The fourth-order valence-corrected chi connectivity index (χ4v) is 2.27. The molecule has 102 valence electrons. The highest BCUT2D eigenvalue weighted by molar-refractivity contribution is 7.84. The molecule has 0 saturated carbocycles. The summed E-state index contributed by atoms with van der Waals surface area (Å²) in [5.41, 5.74) is 0. The number of methoxy groups -OCH3 is 1. The Bertz CT molecular complexity index is 246. The van der Waals surface area contributed by atoms with Gasteiger partial charge in [-0.2, -0.15) is 0 Å². The van der Waals surface area contributed by atoms with Gasteiger partial charge in [0.05, 0.1) is 7.11 Å². The molecular weight excluding hydrogens is 238 g/mol. The summed E-state index contributed by atoms with van der Waals surface area (Å²) in [6, 6.07) is -0.0555. The van der Waals surface area contributed by atoms with Crippen LogP contribution in [0.25, 0.3) is 0 Å². The van der Waals surface area contributed by atoms with Gasteiger partial charge < -0.3 is 10.1 Å². The Labute approximate surface area is 107 Å². The Hall–Kier alpha value is -0.420. The van der Waals surface area contributed by atoms with Crippen LogP contribution in [-0.4, -0.2) is 41.4 Å². The number of rotatable bonds is 9. The molecule has 1 N–H and O–H groups in total. The quantitative estimate of drug-likeness (QED) is 0.640. The molecule has 0 saturated heterocycles. The van der Waals surface area contributed by atoms with Gasteiger partial charge in [0.15, 0.2) is 0 Å². The number of unbranched alkanes of at least 4 members (excludes halogenated alkanes) is 1. The van der Waals surface area contributed by atoms with Crippen molar-refractivity contribution in [2.45, 2.75) is 51.6 Å². The van der Waals surface area contributed by atoms with Crippen molar-refractivity contribution in [2.24, 2.45) is 0 Å². The zero-order chi connectivity index (χ0) is 13.3. The third-order valence-corrected chi connectivity index (χ3v) is 3.47. The third kappa shape index (κ3) is 8.32. The molecular formula is C12H25NO3S. The van der Waals surface area contributed by atoms with Gasteiger partial charge in [-0.1, -0.05) is 19.8 Å². The average molecular weight is 263 g/mol. The lowest BCUT2D eigenvalue weighted by Crippen LogP contribution is -2.43. The Kier molecular flexibility index (Phi) is 9.36. The zero-order valence-corrected chi connectivity index (χ0v) is 12.1. The predicted molar refractivity (Wildman–Crippen MR) is 71.5 cm³/mol. The van der Waals surface area contributed by atoms with Gasteiger partial charge in [-0.05, 0) is 19.8 Å². The van der Waals surface area contributed by atoms with E-state index in [-0.39, 0.29) is 18.1 Å². The standard InChI is InChI=1S/C12H25NO3S/c1-5-6-7-11(12(14)16-3)13-10(2)8-9-17(4)15/h10-11,13H,5-9H2,1-4H3. The number of carbonyl (C=O) groups excluding carboxylic acids is 1. The predicted octanol–water partition coefficient (Wildman–Crippen LogP) is 1.46. The van der Waals surface area contributed by atoms with Crippen LogP contribution in [0.2, 0.25) is 0 Å². The van der Waals surface area contributed by atoms with Crippen molar-refractivity contribution in [1.82, 2.24) is 5.32 Å². The maximum absolute atomic E-state index is 11.5. The molecule has 0 fully saturated rings. The smallest absolute Gasteiger partial charge is 0.322 e. The molecule has 0 aromatic rings. The maximum atomic E-state index is 11.5. The summed E-state index contributed by atoms with van der Waals surface area (Å²) in [5.74, 6) is 0.457. The second-order valence-electron chi connectivity index (χ2n) is 4.35. The molecule has 0 rings (SSSR count). The van der Waals surface area contributed by atoms with Crippen LogP contribution in [0, 0.1) is 0 Å². The Morgan fingerprint density at radius 3 is 2.53 bits per heavy atom. The van der Waals surface area contributed by atoms with Crippen molar-refractivity contribution in [2.75, 3.05) is 19.1 Å². The first-order chi connectivity index (χ1) is 8.01. The second-order valence-corrected chi connectivity index (χ2v) is 5.91. The van der Waals surface area contributed by atoms with E-state index in [1.807, 2.05) is 6.92 Å². The van der Waals surface area contributed by atoms with Crippen molar-refractivity contribution < 1.29 is 13.7 Å². The topological polar surface area (TPSA) is 55.4 Å². The second kappa shape index (κ2) is 9.59. The van der Waals surface area contributed by atoms with Crippen molar-refractivity contribution in [3.63, 3.8) is 0 Å². The molecule has 0 spiro atoms. The molecule has 0 amide bonds. The summed E-state index contributed by atoms with van der Waals surface area (Å²) in [6.07, 6.45) is 5.36. The van der Waals surface area contributed by atoms with Crippen molar-refractivity contribution in [3.8, 4) is 0 Å². The number of esters is 1. The molecule has 0 radical (unpaired) electrons. The lowest BCUT2D eigenvalue weighted by molar-refractivity contribution is -0.143. The SMILES string of the molecule is CCCCC(NC(C)CCS(C)=O)C(=O)OC. The molecule has 5 heteroatoms. The summed E-state index contributed by atoms with van der Waals surface area (Å²) >= 11 is 0. The third-order valence-electron chi connectivity index (χ3n) is 2.66. The summed E-state index contributed by atoms with van der Waals surface area (Å²) < 4.78 is 15.8. The van der Waals surface area contributed by atoms with E-state index in [0.29, 0.717) is 5.75 Å². The summed E-state index contributed by atoms with van der Waals surface area (Å²) in [5, 5.41) is 3.25. The van der Waals surface area contributed by atoms with E-state index in [4.69, 9.17) is 4.74 Å². The molecule has 4 nitrogen and oxygen atoms in total. The first kappa shape index (κ1) is 16.6. The number of hydrogen-bond acceptors (Lipinski definition) is 4. The van der Waals surface area contributed by atoms with Gasteiger partial charge in [0.1, 0.15) is 6.04 Å². The molecule has 0 aromatic heterocycles. The molecule has 17 heavy (non-hydrogen) atoms. The summed E-state index contributed by atoms with van der Waals surface area (Å²) in [4.78, 5) is 11.5. The molecule has 0 heterocycles. The van der Waals surface area contributed by atoms with Crippen LogP contribution in [-0.2, 0) is 20.3 Å². The first-order valence-electron chi connectivity index (χ1n) is 6.15. The van der Waals surface area contributed by atoms with Crippen molar-refractivity contribution >= 4 is 16.8 Å². The van der Waals surface area contributed by atoms with Crippen molar-refractivity contribution in [1.29, 1.82) is 0 Å². The summed E-state index contributed by atoms with van der Waals surface area (Å²) in [7, 11) is 0.636. The fourth-order valence-electron chi connectivity index (χ4n) is 1.59. The van der Waals surface area contributed by atoms with Crippen LogP contribution in [0.5, 0.6) is 0 Å². The molecule has 3 atom stereocenters. The van der Waals surface area contributed by atoms with Crippen LogP contribution in [0.1, 0.15) is 39.5 Å². The molecule has 0 aromatic carbocycles. The highest BCUT2D eigenvalue weighted by Crippen LogP contribution is 2.05. The monoisotopic (exact) mass is 263 g/mol. The van der Waals surface area contributed by atoms with E-state index < -0.39 is 10.8 Å². The van der Waals surface area contributed by atoms with Crippen LogP contribution in [0.4, 0.5) is 0 Å². The van der Waals surface area contributed by atoms with E-state index >= 15 is 0 Å². The average Bonchev–Trinajstić information content (AvgIpc) is 2.30. The first-order valence-corrected chi connectivity index (χ1v) is 7.87. The summed E-state index contributed by atoms with van der Waals surface area (Å²) in [6.45, 7) is 4.10. The Morgan fingerprint density at radius 1 is 1.41 bits per heavy atom. The van der Waals surface area contributed by atoms with E-state index in [0.717, 1.165) is 25.7 Å². The molecule has 0 aliphatic carbocycles. The van der Waals surface area contributed by atoms with Gasteiger partial charge in [0.25, 0.3) is 0 Å². The Morgan fingerprint density at radius 2 is 2.06 bits per heavy atom. The molecule has 0 aliphatic rings. The lowest BCUT2D eigenvalue weighted by atomic mass is 10.1. The minimum Gasteiger partial charge on any atom is -0.468 e. The van der Waals surface area contributed by atoms with Crippen LogP contribution < -0.4 is 5.32 Å². The van der Waals surface area contributed by atoms with Crippen LogP contribution >= 0.6 is 0 Å². The van der Waals surface area contributed by atoms with Crippen LogP contribution in [0.3, 0.4) is 0 Å². The van der Waals surface area contributed by atoms with E-state index in [9.17, 15) is 9.00 Å². The van der Waals surface area contributed by atoms with E-state index in [1.54, 1.807) is 6.26 Å². The largest absolute Gasteiger partial charge is 0.468 e. The van der Waals surface area contributed by atoms with E-state index in [1.165, 1.54) is 7.11 Å². The van der Waals surface area contributed by atoms with E-state index in [2.05, 4.69) is 12.2 Å². The van der Waals surface area contributed by atoms with Gasteiger partial charge >= 0.3 is 5.97 Å².